The fourth-order valence-corrected chi connectivity index (χ4v) is 1.92. The van der Waals surface area contributed by atoms with Crippen molar-refractivity contribution in [2.75, 3.05) is 5.32 Å². The van der Waals surface area contributed by atoms with Crippen LogP contribution in [-0.4, -0.2) is 23.7 Å². The van der Waals surface area contributed by atoms with Crippen molar-refractivity contribution in [2.45, 2.75) is 13.1 Å². The first kappa shape index (κ1) is 19.1. The van der Waals surface area contributed by atoms with E-state index < -0.39 is 23.8 Å². The first-order chi connectivity index (χ1) is 12.2. The number of benzene rings is 2. The van der Waals surface area contributed by atoms with Gasteiger partial charge in [-0.1, -0.05) is 18.2 Å². The number of carbonyl (C=O) groups is 2. The first-order valence-electron chi connectivity index (χ1n) is 7.25. The Kier molecular flexibility index (Phi) is 5.71. The van der Waals surface area contributed by atoms with Crippen LogP contribution < -0.4 is 10.7 Å². The highest BCUT2D eigenvalue weighted by Gasteiger charge is 2.38. The van der Waals surface area contributed by atoms with E-state index in [1.165, 1.54) is 49.4 Å². The standard InChI is InChI=1S/C17H13F4N3O2/c1-10(23-24-15(25)12-5-2-6-13(18)8-12)11-4-3-7-14(9-11)22-16(26)17(19,20)21/h2-9H,1H3,(H,22,26)(H,24,25). The van der Waals surface area contributed by atoms with Gasteiger partial charge >= 0.3 is 12.1 Å². The van der Waals surface area contributed by atoms with Gasteiger partial charge in [-0.2, -0.15) is 18.3 Å². The van der Waals surface area contributed by atoms with E-state index in [1.807, 2.05) is 0 Å². The molecule has 2 aromatic carbocycles. The van der Waals surface area contributed by atoms with Gasteiger partial charge in [0, 0.05) is 11.3 Å². The SMILES string of the molecule is CC(=NNC(=O)c1cccc(F)c1)c1cccc(NC(=O)C(F)(F)F)c1. The molecule has 0 aliphatic heterocycles. The number of hydrogen-bond donors (Lipinski definition) is 2. The van der Waals surface area contributed by atoms with Crippen LogP contribution in [-0.2, 0) is 4.79 Å². The smallest absolute Gasteiger partial charge is 0.318 e. The summed E-state index contributed by atoms with van der Waals surface area (Å²) in [6.07, 6.45) is -5.00. The summed E-state index contributed by atoms with van der Waals surface area (Å²) in [5, 5.41) is 5.56. The minimum atomic E-state index is -5.00. The molecular weight excluding hydrogens is 354 g/mol. The molecule has 0 fully saturated rings. The normalized spacial score (nSPS) is 11.8. The van der Waals surface area contributed by atoms with E-state index >= 15 is 0 Å². The van der Waals surface area contributed by atoms with E-state index in [0.29, 0.717) is 5.56 Å². The predicted octanol–water partition coefficient (Wildman–Crippen LogP) is 3.48. The quantitative estimate of drug-likeness (QED) is 0.493. The highest BCUT2D eigenvalue weighted by molar-refractivity contribution is 6.02. The topological polar surface area (TPSA) is 70.6 Å². The van der Waals surface area contributed by atoms with Crippen LogP contribution in [0.4, 0.5) is 23.2 Å². The minimum absolute atomic E-state index is 0.0627. The van der Waals surface area contributed by atoms with Crippen molar-refractivity contribution in [3.8, 4) is 0 Å². The van der Waals surface area contributed by atoms with Crippen LogP contribution in [0.5, 0.6) is 0 Å². The maximum Gasteiger partial charge on any atom is 0.471 e. The van der Waals surface area contributed by atoms with E-state index in [9.17, 15) is 27.2 Å². The number of nitrogens with one attached hydrogen (secondary N) is 2. The zero-order valence-corrected chi connectivity index (χ0v) is 13.4. The summed E-state index contributed by atoms with van der Waals surface area (Å²) in [4.78, 5) is 22.8. The Hall–Kier alpha value is -3.23. The fraction of sp³-hybridized carbons (Fsp3) is 0.118. The molecule has 0 heterocycles. The summed E-state index contributed by atoms with van der Waals surface area (Å²) in [6, 6.07) is 10.5. The lowest BCUT2D eigenvalue weighted by molar-refractivity contribution is -0.167. The van der Waals surface area contributed by atoms with Crippen molar-refractivity contribution in [1.82, 2.24) is 5.43 Å². The van der Waals surface area contributed by atoms with E-state index in [-0.39, 0.29) is 17.0 Å². The lowest BCUT2D eigenvalue weighted by Gasteiger charge is -2.09. The minimum Gasteiger partial charge on any atom is -0.318 e. The molecule has 0 atom stereocenters. The number of carbonyl (C=O) groups excluding carboxylic acids is 2. The van der Waals surface area contributed by atoms with Crippen molar-refractivity contribution >= 4 is 23.2 Å². The van der Waals surface area contributed by atoms with E-state index in [4.69, 9.17) is 0 Å². The molecule has 0 unspecified atom stereocenters. The Morgan fingerprint density at radius 1 is 1.00 bits per heavy atom. The van der Waals surface area contributed by atoms with Crippen molar-refractivity contribution in [3.05, 3.63) is 65.5 Å². The lowest BCUT2D eigenvalue weighted by Crippen LogP contribution is -2.29. The number of rotatable bonds is 4. The molecule has 0 aliphatic carbocycles. The summed E-state index contributed by atoms with van der Waals surface area (Å²) in [7, 11) is 0. The molecule has 2 aromatic rings. The summed E-state index contributed by atoms with van der Waals surface area (Å²) >= 11 is 0. The molecule has 0 saturated carbocycles. The van der Waals surface area contributed by atoms with E-state index in [1.54, 1.807) is 5.32 Å². The van der Waals surface area contributed by atoms with Crippen molar-refractivity contribution in [2.24, 2.45) is 5.10 Å². The molecule has 2 N–H and O–H groups in total. The van der Waals surface area contributed by atoms with Crippen LogP contribution in [0.25, 0.3) is 0 Å². The van der Waals surface area contributed by atoms with Gasteiger partial charge in [0.2, 0.25) is 0 Å². The second-order valence-corrected chi connectivity index (χ2v) is 5.18. The fourth-order valence-electron chi connectivity index (χ4n) is 1.92. The first-order valence-corrected chi connectivity index (χ1v) is 7.25. The third-order valence-corrected chi connectivity index (χ3v) is 3.21. The molecule has 0 bridgehead atoms. The molecule has 2 rings (SSSR count). The van der Waals surface area contributed by atoms with Crippen LogP contribution >= 0.6 is 0 Å². The summed E-state index contributed by atoms with van der Waals surface area (Å²) in [5.41, 5.74) is 2.87. The largest absolute Gasteiger partial charge is 0.471 e. The molecule has 0 spiro atoms. The summed E-state index contributed by atoms with van der Waals surface area (Å²) < 4.78 is 49.9. The van der Waals surface area contributed by atoms with Gasteiger partial charge < -0.3 is 5.32 Å². The number of halogens is 4. The monoisotopic (exact) mass is 367 g/mol. The average molecular weight is 367 g/mol. The van der Waals surface area contributed by atoms with Gasteiger partial charge in [0.15, 0.2) is 0 Å². The maximum atomic E-state index is 13.1. The van der Waals surface area contributed by atoms with Gasteiger partial charge in [0.25, 0.3) is 5.91 Å². The predicted molar refractivity (Wildman–Crippen MR) is 87.2 cm³/mol. The number of amides is 2. The number of anilines is 1. The van der Waals surface area contributed by atoms with Gasteiger partial charge in [-0.25, -0.2) is 9.82 Å². The Morgan fingerprint density at radius 2 is 1.65 bits per heavy atom. The molecule has 0 aliphatic rings. The third-order valence-electron chi connectivity index (χ3n) is 3.21. The van der Waals surface area contributed by atoms with Crippen LogP contribution in [0, 0.1) is 5.82 Å². The van der Waals surface area contributed by atoms with Gasteiger partial charge in [-0.3, -0.25) is 9.59 Å². The third kappa shape index (κ3) is 5.13. The second kappa shape index (κ2) is 7.77. The second-order valence-electron chi connectivity index (χ2n) is 5.18. The van der Waals surface area contributed by atoms with E-state index in [0.717, 1.165) is 6.07 Å². The number of hydrogen-bond acceptors (Lipinski definition) is 3. The molecule has 2 amide bonds. The average Bonchev–Trinajstić information content (AvgIpc) is 2.58. The maximum absolute atomic E-state index is 13.1. The molecule has 0 aromatic heterocycles. The Balaban J connectivity index is 2.10. The zero-order chi connectivity index (χ0) is 19.3. The highest BCUT2D eigenvalue weighted by Crippen LogP contribution is 2.19. The summed E-state index contributed by atoms with van der Waals surface area (Å²) in [6.45, 7) is 1.51. The van der Waals surface area contributed by atoms with Gasteiger partial charge in [0.05, 0.1) is 5.71 Å². The van der Waals surface area contributed by atoms with E-state index in [2.05, 4.69) is 10.5 Å². The van der Waals surface area contributed by atoms with Crippen molar-refractivity contribution in [1.29, 1.82) is 0 Å². The van der Waals surface area contributed by atoms with Crippen molar-refractivity contribution < 1.29 is 27.2 Å². The molecule has 5 nitrogen and oxygen atoms in total. The number of alkyl halides is 3. The van der Waals surface area contributed by atoms with Crippen LogP contribution in [0.1, 0.15) is 22.8 Å². The van der Waals surface area contributed by atoms with Gasteiger partial charge in [-0.05, 0) is 42.8 Å². The van der Waals surface area contributed by atoms with Crippen LogP contribution in [0.15, 0.2) is 53.6 Å². The molecule has 0 saturated heterocycles. The van der Waals surface area contributed by atoms with Gasteiger partial charge in [-0.15, -0.1) is 0 Å². The van der Waals surface area contributed by atoms with Crippen molar-refractivity contribution in [3.63, 3.8) is 0 Å². The van der Waals surface area contributed by atoms with Gasteiger partial charge in [0.1, 0.15) is 5.82 Å². The number of nitrogens with zero attached hydrogens (tertiary/aromatic N) is 1. The Bertz CT molecular complexity index is 863. The molecular formula is C17H13F4N3O2. The molecule has 26 heavy (non-hydrogen) atoms. The molecule has 9 heteroatoms. The molecule has 136 valence electrons. The number of hydrazone groups is 1. The van der Waals surface area contributed by atoms with Crippen LogP contribution in [0.3, 0.4) is 0 Å². The Morgan fingerprint density at radius 3 is 2.31 bits per heavy atom. The van der Waals surface area contributed by atoms with Crippen LogP contribution in [0.2, 0.25) is 0 Å². The molecule has 0 radical (unpaired) electrons. The lowest BCUT2D eigenvalue weighted by atomic mass is 10.1. The Labute approximate surface area is 145 Å². The highest BCUT2D eigenvalue weighted by atomic mass is 19.4. The summed E-state index contributed by atoms with van der Waals surface area (Å²) in [5.74, 6) is -3.32. The zero-order valence-electron chi connectivity index (χ0n) is 13.4.